The molecule has 0 atom stereocenters. The fraction of sp³-hybridized carbons (Fsp3) is 0.727. The van der Waals surface area contributed by atoms with E-state index in [4.69, 9.17) is 0 Å². The number of halogens is 2. The second-order valence-corrected chi connectivity index (χ2v) is 4.31. The van der Waals surface area contributed by atoms with Gasteiger partial charge in [-0.2, -0.15) is 8.78 Å². The lowest BCUT2D eigenvalue weighted by atomic mass is 10.1. The minimum absolute atomic E-state index is 0.445. The van der Waals surface area contributed by atoms with Crippen molar-refractivity contribution in [3.63, 3.8) is 0 Å². The highest BCUT2D eigenvalue weighted by atomic mass is 19.3. The number of hydrogen-bond acceptors (Lipinski definition) is 3. The van der Waals surface area contributed by atoms with E-state index in [1.54, 1.807) is 0 Å². The van der Waals surface area contributed by atoms with Crippen molar-refractivity contribution in [2.24, 2.45) is 0 Å². The molecule has 6 heteroatoms. The van der Waals surface area contributed by atoms with Crippen molar-refractivity contribution in [3.8, 4) is 0 Å². The van der Waals surface area contributed by atoms with Crippen molar-refractivity contribution in [1.29, 1.82) is 0 Å². The summed E-state index contributed by atoms with van der Waals surface area (Å²) in [7, 11) is 0. The highest BCUT2D eigenvalue weighted by molar-refractivity contribution is 4.95. The number of alkyl halides is 2. The van der Waals surface area contributed by atoms with Gasteiger partial charge in [0.2, 0.25) is 0 Å². The number of rotatable bonds is 6. The Labute approximate surface area is 99.6 Å². The van der Waals surface area contributed by atoms with Crippen LogP contribution in [0.2, 0.25) is 0 Å². The summed E-state index contributed by atoms with van der Waals surface area (Å²) in [5.41, 5.74) is 0. The van der Waals surface area contributed by atoms with Crippen LogP contribution in [0, 0.1) is 0 Å². The third-order valence-corrected chi connectivity index (χ3v) is 3.09. The average molecular weight is 244 g/mol. The molecule has 0 unspecified atom stereocenters. The first-order chi connectivity index (χ1) is 8.22. The van der Waals surface area contributed by atoms with Crippen LogP contribution in [0.25, 0.3) is 0 Å². The molecule has 1 aromatic heterocycles. The summed E-state index contributed by atoms with van der Waals surface area (Å²) in [6.07, 6.45) is 3.79. The van der Waals surface area contributed by atoms with Gasteiger partial charge in [-0.3, -0.25) is 9.47 Å². The molecule has 0 bridgehead atoms. The van der Waals surface area contributed by atoms with Crippen LogP contribution in [0.5, 0.6) is 0 Å². The summed E-state index contributed by atoms with van der Waals surface area (Å²) >= 11 is 0. The van der Waals surface area contributed by atoms with Crippen LogP contribution < -0.4 is 5.32 Å². The van der Waals surface area contributed by atoms with E-state index in [0.29, 0.717) is 18.4 Å². The Morgan fingerprint density at radius 1 is 1.59 bits per heavy atom. The van der Waals surface area contributed by atoms with Crippen LogP contribution in [0.3, 0.4) is 0 Å². The molecule has 1 aliphatic heterocycles. The first-order valence-corrected chi connectivity index (χ1v) is 5.97. The van der Waals surface area contributed by atoms with Crippen LogP contribution in [-0.2, 0) is 6.54 Å². The predicted molar refractivity (Wildman–Crippen MR) is 60.8 cm³/mol. The van der Waals surface area contributed by atoms with E-state index in [-0.39, 0.29) is 0 Å². The molecule has 2 heterocycles. The standard InChI is InChI=1S/C11H18F2N4/c1-2-4-16(9-6-14-7-9)8-10-15-3-5-17(10)11(12)13/h3,5,9,11,14H,2,4,6-8H2,1H3. The van der Waals surface area contributed by atoms with E-state index in [2.05, 4.69) is 22.1 Å². The molecule has 0 aromatic carbocycles. The molecule has 1 aliphatic rings. The molecule has 1 fully saturated rings. The quantitative estimate of drug-likeness (QED) is 0.822. The van der Waals surface area contributed by atoms with E-state index in [1.807, 2.05) is 0 Å². The monoisotopic (exact) mass is 244 g/mol. The van der Waals surface area contributed by atoms with E-state index >= 15 is 0 Å². The normalized spacial score (nSPS) is 16.8. The van der Waals surface area contributed by atoms with E-state index < -0.39 is 6.55 Å². The Balaban J connectivity index is 2.03. The first kappa shape index (κ1) is 12.4. The Hall–Kier alpha value is -1.01. The minimum atomic E-state index is -2.50. The number of nitrogens with one attached hydrogen (secondary N) is 1. The Kier molecular flexibility index (Phi) is 4.06. The maximum atomic E-state index is 12.7. The smallest absolute Gasteiger partial charge is 0.314 e. The van der Waals surface area contributed by atoms with Gasteiger partial charge in [0, 0.05) is 31.5 Å². The van der Waals surface area contributed by atoms with E-state index in [0.717, 1.165) is 30.6 Å². The van der Waals surface area contributed by atoms with Crippen molar-refractivity contribution >= 4 is 0 Å². The van der Waals surface area contributed by atoms with E-state index in [1.165, 1.54) is 12.4 Å². The Morgan fingerprint density at radius 3 is 2.88 bits per heavy atom. The van der Waals surface area contributed by atoms with Gasteiger partial charge in [-0.25, -0.2) is 4.98 Å². The van der Waals surface area contributed by atoms with Crippen LogP contribution in [-0.4, -0.2) is 40.1 Å². The molecule has 0 amide bonds. The lowest BCUT2D eigenvalue weighted by Gasteiger charge is -2.38. The van der Waals surface area contributed by atoms with E-state index in [9.17, 15) is 8.78 Å². The van der Waals surface area contributed by atoms with Gasteiger partial charge in [0.25, 0.3) is 0 Å². The third kappa shape index (κ3) is 2.81. The van der Waals surface area contributed by atoms with Crippen LogP contribution in [0.4, 0.5) is 8.78 Å². The zero-order valence-corrected chi connectivity index (χ0v) is 9.94. The molecule has 4 nitrogen and oxygen atoms in total. The molecule has 1 aromatic rings. The second-order valence-electron chi connectivity index (χ2n) is 4.31. The van der Waals surface area contributed by atoms with Crippen molar-refractivity contribution in [2.75, 3.05) is 19.6 Å². The van der Waals surface area contributed by atoms with Crippen molar-refractivity contribution in [2.45, 2.75) is 32.5 Å². The van der Waals surface area contributed by atoms with Gasteiger partial charge in [-0.1, -0.05) is 6.92 Å². The molecule has 17 heavy (non-hydrogen) atoms. The van der Waals surface area contributed by atoms with Gasteiger partial charge in [-0.15, -0.1) is 0 Å². The molecule has 0 radical (unpaired) electrons. The lowest BCUT2D eigenvalue weighted by Crippen LogP contribution is -2.57. The zero-order valence-electron chi connectivity index (χ0n) is 9.94. The summed E-state index contributed by atoms with van der Waals surface area (Å²) < 4.78 is 26.3. The summed E-state index contributed by atoms with van der Waals surface area (Å²) in [4.78, 5) is 6.24. The van der Waals surface area contributed by atoms with Gasteiger partial charge in [-0.05, 0) is 13.0 Å². The third-order valence-electron chi connectivity index (χ3n) is 3.09. The van der Waals surface area contributed by atoms with Gasteiger partial charge in [0.05, 0.1) is 6.54 Å². The van der Waals surface area contributed by atoms with Gasteiger partial charge in [0.15, 0.2) is 0 Å². The first-order valence-electron chi connectivity index (χ1n) is 5.97. The SMILES string of the molecule is CCCN(Cc1nccn1C(F)F)C1CNC1. The molecular formula is C11H18F2N4. The number of aromatic nitrogens is 2. The summed E-state index contributed by atoms with van der Waals surface area (Å²) in [5.74, 6) is 0.445. The largest absolute Gasteiger partial charge is 0.319 e. The topological polar surface area (TPSA) is 33.1 Å². The fourth-order valence-corrected chi connectivity index (χ4v) is 2.04. The Bertz CT molecular complexity index is 349. The molecule has 1 saturated heterocycles. The van der Waals surface area contributed by atoms with Crippen molar-refractivity contribution < 1.29 is 8.78 Å². The highest BCUT2D eigenvalue weighted by Crippen LogP contribution is 2.16. The maximum Gasteiger partial charge on any atom is 0.319 e. The Morgan fingerprint density at radius 2 is 2.35 bits per heavy atom. The van der Waals surface area contributed by atoms with Crippen molar-refractivity contribution in [1.82, 2.24) is 19.8 Å². The molecule has 96 valence electrons. The van der Waals surface area contributed by atoms with Gasteiger partial charge < -0.3 is 5.32 Å². The summed E-state index contributed by atoms with van der Waals surface area (Å²) in [6, 6.07) is 0.456. The summed E-state index contributed by atoms with van der Waals surface area (Å²) in [5, 5.41) is 3.20. The summed E-state index contributed by atoms with van der Waals surface area (Å²) in [6.45, 7) is 2.89. The molecule has 0 spiro atoms. The van der Waals surface area contributed by atoms with Crippen LogP contribution in [0.1, 0.15) is 25.7 Å². The van der Waals surface area contributed by atoms with Gasteiger partial charge >= 0.3 is 6.55 Å². The predicted octanol–water partition coefficient (Wildman–Crippen LogP) is 1.46. The lowest BCUT2D eigenvalue weighted by molar-refractivity contribution is 0.0597. The number of imidazole rings is 1. The van der Waals surface area contributed by atoms with Crippen LogP contribution >= 0.6 is 0 Å². The molecule has 0 saturated carbocycles. The second kappa shape index (κ2) is 5.55. The minimum Gasteiger partial charge on any atom is -0.314 e. The average Bonchev–Trinajstić information content (AvgIpc) is 2.63. The molecular weight excluding hydrogens is 226 g/mol. The molecule has 1 N–H and O–H groups in total. The molecule has 0 aliphatic carbocycles. The van der Waals surface area contributed by atoms with Gasteiger partial charge in [0.1, 0.15) is 5.82 Å². The van der Waals surface area contributed by atoms with Crippen molar-refractivity contribution in [3.05, 3.63) is 18.2 Å². The maximum absolute atomic E-state index is 12.7. The highest BCUT2D eigenvalue weighted by Gasteiger charge is 2.25. The number of nitrogens with zero attached hydrogens (tertiary/aromatic N) is 3. The zero-order chi connectivity index (χ0) is 12.3. The molecule has 2 rings (SSSR count). The number of hydrogen-bond donors (Lipinski definition) is 1. The fourth-order valence-electron chi connectivity index (χ4n) is 2.04. The van der Waals surface area contributed by atoms with Crippen LogP contribution in [0.15, 0.2) is 12.4 Å².